The van der Waals surface area contributed by atoms with Crippen LogP contribution in [0.1, 0.15) is 48.2 Å². The summed E-state index contributed by atoms with van der Waals surface area (Å²) >= 11 is 5.13. The maximum absolute atomic E-state index is 15.6. The van der Waals surface area contributed by atoms with Gasteiger partial charge in [-0.3, -0.25) is 9.79 Å². The van der Waals surface area contributed by atoms with Crippen LogP contribution in [0.3, 0.4) is 0 Å². The molecule has 6 atom stereocenters. The molecule has 1 aromatic carbocycles. The van der Waals surface area contributed by atoms with Crippen LogP contribution in [0.15, 0.2) is 68.4 Å². The van der Waals surface area contributed by atoms with E-state index in [2.05, 4.69) is 33.3 Å². The number of ether oxygens (including phenoxy) is 1. The van der Waals surface area contributed by atoms with Crippen molar-refractivity contribution in [3.05, 3.63) is 75.9 Å². The summed E-state index contributed by atoms with van der Waals surface area (Å²) in [4.78, 5) is 18.0. The highest BCUT2D eigenvalue weighted by molar-refractivity contribution is 9.11. The zero-order valence-corrected chi connectivity index (χ0v) is 22.1. The van der Waals surface area contributed by atoms with Gasteiger partial charge in [-0.05, 0) is 48.0 Å². The number of nitrogens with one attached hydrogen (secondary N) is 1. The highest BCUT2D eigenvalue weighted by Gasteiger charge is 2.58. The Kier molecular flexibility index (Phi) is 6.76. The lowest BCUT2D eigenvalue weighted by atomic mass is 9.64. The van der Waals surface area contributed by atoms with Gasteiger partial charge in [0.25, 0.3) is 5.91 Å². The summed E-state index contributed by atoms with van der Waals surface area (Å²) in [6.07, 6.45) is 3.60. The van der Waals surface area contributed by atoms with E-state index in [0.29, 0.717) is 22.9 Å². The quantitative estimate of drug-likeness (QED) is 0.490. The molecular formula is C26H27BrFN3O3S. The van der Waals surface area contributed by atoms with Gasteiger partial charge in [0.1, 0.15) is 17.5 Å². The fraction of sp³-hybridized carbons (Fsp3) is 0.423. The summed E-state index contributed by atoms with van der Waals surface area (Å²) in [5, 5.41) is 7.53. The number of allylic oxidation sites excluding steroid dienone is 3. The Hall–Kier alpha value is -2.23. The van der Waals surface area contributed by atoms with Crippen molar-refractivity contribution >= 4 is 38.8 Å². The molecule has 2 aromatic rings. The van der Waals surface area contributed by atoms with Crippen LogP contribution < -0.4 is 5.32 Å². The minimum atomic E-state index is -0.886. The molecule has 6 unspecified atom stereocenters. The maximum atomic E-state index is 15.6. The van der Waals surface area contributed by atoms with Crippen LogP contribution >= 0.6 is 27.7 Å². The molecule has 1 fully saturated rings. The number of carbonyl (C=O) groups excluding carboxylic acids is 1. The van der Waals surface area contributed by atoms with Crippen molar-refractivity contribution in [3.63, 3.8) is 0 Å². The van der Waals surface area contributed by atoms with E-state index in [1.54, 1.807) is 18.2 Å². The van der Waals surface area contributed by atoms with Crippen LogP contribution in [0, 0.1) is 24.7 Å². The molecule has 5 rings (SSSR count). The van der Waals surface area contributed by atoms with Crippen molar-refractivity contribution in [2.75, 3.05) is 6.61 Å². The number of rotatable bonds is 3. The van der Waals surface area contributed by atoms with Crippen molar-refractivity contribution in [2.45, 2.75) is 44.1 Å². The van der Waals surface area contributed by atoms with Crippen LogP contribution in [0.5, 0.6) is 0 Å². The van der Waals surface area contributed by atoms with Gasteiger partial charge in [-0.1, -0.05) is 64.9 Å². The second-order valence-electron chi connectivity index (χ2n) is 9.43. The first-order chi connectivity index (χ1) is 16.8. The first kappa shape index (κ1) is 24.5. The molecule has 0 spiro atoms. The van der Waals surface area contributed by atoms with Gasteiger partial charge >= 0.3 is 0 Å². The number of thioether (sulfide) groups is 1. The lowest BCUT2D eigenvalue weighted by Gasteiger charge is -2.53. The molecule has 184 valence electrons. The lowest BCUT2D eigenvalue weighted by molar-refractivity contribution is -0.0916. The number of hydrogen-bond acceptors (Lipinski definition) is 6. The summed E-state index contributed by atoms with van der Waals surface area (Å²) < 4.78 is 28.3. The standard InChI is InChI=1S/C26H27BrFN3O3S/c1-14-11-22(34-31-14)21-12-18-16(3)35-25(29-24(32)17-7-5-4-6-8-17)30-26(18,13-33-21)23-15(2)19(27)9-10-20(23)28/h4-11,15-16,18,21,23H,12-13H2,1-3H3,(H,29,30,32). The fourth-order valence-corrected chi connectivity index (χ4v) is 7.09. The van der Waals surface area contributed by atoms with Gasteiger partial charge in [-0.15, -0.1) is 0 Å². The molecule has 3 heterocycles. The first-order valence-corrected chi connectivity index (χ1v) is 13.4. The Bertz CT molecular complexity index is 1210. The second kappa shape index (κ2) is 9.67. The first-order valence-electron chi connectivity index (χ1n) is 11.7. The van der Waals surface area contributed by atoms with Crippen LogP contribution in [0.2, 0.25) is 0 Å². The van der Waals surface area contributed by atoms with Crippen molar-refractivity contribution in [2.24, 2.45) is 22.7 Å². The van der Waals surface area contributed by atoms with E-state index in [-0.39, 0.29) is 41.5 Å². The molecule has 2 aliphatic heterocycles. The molecule has 35 heavy (non-hydrogen) atoms. The van der Waals surface area contributed by atoms with Gasteiger partial charge in [-0.2, -0.15) is 0 Å². The smallest absolute Gasteiger partial charge is 0.257 e. The average Bonchev–Trinajstić information content (AvgIpc) is 3.28. The van der Waals surface area contributed by atoms with Crippen molar-refractivity contribution < 1.29 is 18.4 Å². The number of benzene rings is 1. The molecule has 9 heteroatoms. The number of amidine groups is 1. The maximum Gasteiger partial charge on any atom is 0.257 e. The minimum Gasteiger partial charge on any atom is -0.368 e. The molecular weight excluding hydrogens is 533 g/mol. The summed E-state index contributed by atoms with van der Waals surface area (Å²) in [7, 11) is 0. The highest BCUT2D eigenvalue weighted by atomic mass is 79.9. The Morgan fingerprint density at radius 2 is 2.03 bits per heavy atom. The predicted octanol–water partition coefficient (Wildman–Crippen LogP) is 6.12. The number of aliphatic imine (C=N–C) groups is 1. The largest absolute Gasteiger partial charge is 0.368 e. The number of carbonyl (C=O) groups is 1. The highest BCUT2D eigenvalue weighted by Crippen LogP contribution is 2.55. The summed E-state index contributed by atoms with van der Waals surface area (Å²) in [5.74, 6) is -0.470. The Morgan fingerprint density at radius 3 is 2.74 bits per heavy atom. The van der Waals surface area contributed by atoms with Crippen molar-refractivity contribution in [1.82, 2.24) is 10.5 Å². The van der Waals surface area contributed by atoms with Crippen LogP contribution in [-0.2, 0) is 4.74 Å². The average molecular weight is 560 g/mol. The van der Waals surface area contributed by atoms with E-state index >= 15 is 4.39 Å². The number of hydrogen-bond donors (Lipinski definition) is 1. The molecule has 0 radical (unpaired) electrons. The van der Waals surface area contributed by atoms with E-state index in [1.807, 2.05) is 38.1 Å². The molecule has 1 aromatic heterocycles. The molecule has 6 nitrogen and oxygen atoms in total. The molecule has 0 saturated carbocycles. The van der Waals surface area contributed by atoms with Gasteiger partial charge in [0.2, 0.25) is 0 Å². The summed E-state index contributed by atoms with van der Waals surface area (Å²) in [6, 6.07) is 10.9. The van der Waals surface area contributed by atoms with E-state index in [0.717, 1.165) is 10.2 Å². The van der Waals surface area contributed by atoms with Crippen molar-refractivity contribution in [1.29, 1.82) is 0 Å². The number of halogens is 2. The Balaban J connectivity index is 1.53. The molecule has 1 N–H and O–H groups in total. The lowest BCUT2D eigenvalue weighted by Crippen LogP contribution is -2.59. The topological polar surface area (TPSA) is 76.7 Å². The zero-order chi connectivity index (χ0) is 24.7. The molecule has 0 bridgehead atoms. The van der Waals surface area contributed by atoms with E-state index in [4.69, 9.17) is 14.3 Å². The Labute approximate surface area is 216 Å². The van der Waals surface area contributed by atoms with Gasteiger partial charge in [0.15, 0.2) is 10.9 Å². The van der Waals surface area contributed by atoms with E-state index in [9.17, 15) is 4.79 Å². The van der Waals surface area contributed by atoms with E-state index < -0.39 is 11.5 Å². The number of aromatic nitrogens is 1. The number of fused-ring (bicyclic) bond motifs is 1. The van der Waals surface area contributed by atoms with Gasteiger partial charge in [0.05, 0.1) is 12.3 Å². The van der Waals surface area contributed by atoms with Crippen LogP contribution in [-0.4, -0.2) is 33.6 Å². The minimum absolute atomic E-state index is 0.0148. The third-order valence-electron chi connectivity index (χ3n) is 7.19. The molecule has 1 aliphatic carbocycles. The fourth-order valence-electron chi connectivity index (χ4n) is 5.45. The third-order valence-corrected chi connectivity index (χ3v) is 9.30. The van der Waals surface area contributed by atoms with Crippen LogP contribution in [0.4, 0.5) is 4.39 Å². The predicted molar refractivity (Wildman–Crippen MR) is 138 cm³/mol. The molecule has 1 saturated heterocycles. The van der Waals surface area contributed by atoms with Gasteiger partial charge < -0.3 is 14.6 Å². The molecule has 3 aliphatic rings. The number of aryl methyl sites for hydroxylation is 1. The van der Waals surface area contributed by atoms with Crippen LogP contribution in [0.25, 0.3) is 0 Å². The SMILES string of the molecule is Cc1cc(C2CC3C(C)SC(NC(=O)c4ccccc4)=NC3(C3C(F)=CC=C(Br)C3C)CO2)on1. The second-order valence-corrected chi connectivity index (χ2v) is 11.7. The number of nitrogens with zero attached hydrogens (tertiary/aromatic N) is 2. The third kappa shape index (κ3) is 4.54. The molecule has 1 amide bonds. The van der Waals surface area contributed by atoms with Crippen molar-refractivity contribution in [3.8, 4) is 0 Å². The van der Waals surface area contributed by atoms with Gasteiger partial charge in [0, 0.05) is 28.7 Å². The monoisotopic (exact) mass is 559 g/mol. The zero-order valence-electron chi connectivity index (χ0n) is 19.7. The Morgan fingerprint density at radius 1 is 1.26 bits per heavy atom. The van der Waals surface area contributed by atoms with Gasteiger partial charge in [-0.25, -0.2) is 4.39 Å². The summed E-state index contributed by atoms with van der Waals surface area (Å²) in [5.41, 5.74) is 0.450. The van der Waals surface area contributed by atoms with E-state index in [1.165, 1.54) is 17.8 Å². The number of amides is 1. The summed E-state index contributed by atoms with van der Waals surface area (Å²) in [6.45, 7) is 6.19. The normalized spacial score (nSPS) is 32.7.